The summed E-state index contributed by atoms with van der Waals surface area (Å²) in [6.45, 7) is 4.01. The molecule has 0 unspecified atom stereocenters. The third-order valence-electron chi connectivity index (χ3n) is 3.18. The highest BCUT2D eigenvalue weighted by Gasteiger charge is 2.03. The molecule has 2 aromatic carbocycles. The van der Waals surface area contributed by atoms with Crippen LogP contribution in [0, 0.1) is 25.7 Å². The van der Waals surface area contributed by atoms with Gasteiger partial charge in [0, 0.05) is 11.1 Å². The zero-order valence-electron chi connectivity index (χ0n) is 11.9. The minimum absolute atomic E-state index is 0.163. The third-order valence-corrected chi connectivity index (χ3v) is 3.18. The molecule has 0 N–H and O–H groups in total. The normalized spacial score (nSPS) is 9.55. The number of Topliss-reactive ketones (excluding diaryl/α,β-unsaturated/α-hetero) is 1. The molecule has 20 heavy (non-hydrogen) atoms. The van der Waals surface area contributed by atoms with E-state index < -0.39 is 0 Å². The van der Waals surface area contributed by atoms with Crippen LogP contribution >= 0.6 is 0 Å². The largest absolute Gasteiger partial charge is 0.497 e. The van der Waals surface area contributed by atoms with E-state index in [2.05, 4.69) is 11.8 Å². The summed E-state index contributed by atoms with van der Waals surface area (Å²) < 4.78 is 5.07. The highest BCUT2D eigenvalue weighted by Crippen LogP contribution is 2.11. The Morgan fingerprint density at radius 3 is 2.30 bits per heavy atom. The number of ether oxygens (including phenoxy) is 1. The molecular formula is C18H16O2. The van der Waals surface area contributed by atoms with E-state index in [1.165, 1.54) is 5.56 Å². The third kappa shape index (κ3) is 3.27. The van der Waals surface area contributed by atoms with Crippen molar-refractivity contribution in [1.82, 2.24) is 0 Å². The minimum atomic E-state index is -0.163. The molecule has 2 rings (SSSR count). The van der Waals surface area contributed by atoms with Crippen LogP contribution in [-0.2, 0) is 0 Å². The van der Waals surface area contributed by atoms with Crippen LogP contribution in [0.3, 0.4) is 0 Å². The van der Waals surface area contributed by atoms with E-state index in [4.69, 9.17) is 4.74 Å². The van der Waals surface area contributed by atoms with Gasteiger partial charge in [-0.2, -0.15) is 0 Å². The molecule has 0 aliphatic carbocycles. The van der Waals surface area contributed by atoms with E-state index >= 15 is 0 Å². The van der Waals surface area contributed by atoms with Gasteiger partial charge >= 0.3 is 0 Å². The van der Waals surface area contributed by atoms with Crippen molar-refractivity contribution in [2.45, 2.75) is 13.8 Å². The van der Waals surface area contributed by atoms with Gasteiger partial charge in [0.15, 0.2) is 0 Å². The van der Waals surface area contributed by atoms with Gasteiger partial charge in [-0.05, 0) is 61.2 Å². The predicted octanol–water partition coefficient (Wildman–Crippen LogP) is 3.55. The highest BCUT2D eigenvalue weighted by atomic mass is 16.5. The topological polar surface area (TPSA) is 26.3 Å². The lowest BCUT2D eigenvalue weighted by atomic mass is 10.0. The zero-order valence-corrected chi connectivity index (χ0v) is 11.9. The Hall–Kier alpha value is -2.53. The summed E-state index contributed by atoms with van der Waals surface area (Å²) in [5.74, 6) is 6.15. The van der Waals surface area contributed by atoms with Gasteiger partial charge in [0.25, 0.3) is 0 Å². The van der Waals surface area contributed by atoms with Crippen LogP contribution in [0.2, 0.25) is 0 Å². The molecule has 0 amide bonds. The fraction of sp³-hybridized carbons (Fsp3) is 0.167. The van der Waals surface area contributed by atoms with Gasteiger partial charge in [0.1, 0.15) is 5.75 Å². The van der Waals surface area contributed by atoms with Crippen molar-refractivity contribution in [3.05, 3.63) is 64.7 Å². The second-order valence-corrected chi connectivity index (χ2v) is 4.61. The Kier molecular flexibility index (Phi) is 4.22. The van der Waals surface area contributed by atoms with Crippen LogP contribution in [0.5, 0.6) is 5.75 Å². The molecule has 0 saturated carbocycles. The van der Waals surface area contributed by atoms with Crippen LogP contribution in [-0.4, -0.2) is 12.9 Å². The minimum Gasteiger partial charge on any atom is -0.497 e. The first-order valence-corrected chi connectivity index (χ1v) is 6.38. The van der Waals surface area contributed by atoms with Gasteiger partial charge in [-0.1, -0.05) is 18.1 Å². The van der Waals surface area contributed by atoms with Crippen molar-refractivity contribution in [3.8, 4) is 17.6 Å². The van der Waals surface area contributed by atoms with Gasteiger partial charge in [-0.25, -0.2) is 0 Å². The Morgan fingerprint density at radius 2 is 1.70 bits per heavy atom. The number of ketones is 1. The van der Waals surface area contributed by atoms with Crippen LogP contribution < -0.4 is 4.74 Å². The number of hydrogen-bond donors (Lipinski definition) is 0. The Balaban J connectivity index is 2.18. The summed E-state index contributed by atoms with van der Waals surface area (Å²) in [7, 11) is 1.62. The van der Waals surface area contributed by atoms with Crippen molar-refractivity contribution in [2.75, 3.05) is 7.11 Å². The van der Waals surface area contributed by atoms with Gasteiger partial charge < -0.3 is 4.74 Å². The van der Waals surface area contributed by atoms with E-state index in [0.717, 1.165) is 16.9 Å². The molecule has 0 aliphatic heterocycles. The molecule has 0 spiro atoms. The van der Waals surface area contributed by atoms with Crippen molar-refractivity contribution in [2.24, 2.45) is 0 Å². The van der Waals surface area contributed by atoms with Crippen molar-refractivity contribution >= 4 is 5.78 Å². The number of aryl methyl sites for hydroxylation is 2. The van der Waals surface area contributed by atoms with E-state index in [0.29, 0.717) is 5.56 Å². The highest BCUT2D eigenvalue weighted by molar-refractivity contribution is 6.09. The first-order chi connectivity index (χ1) is 9.60. The smallest absolute Gasteiger partial charge is 0.236 e. The summed E-state index contributed by atoms with van der Waals surface area (Å²) >= 11 is 0. The number of methoxy groups -OCH3 is 1. The summed E-state index contributed by atoms with van der Waals surface area (Å²) in [5.41, 5.74) is 3.70. The lowest BCUT2D eigenvalue weighted by Gasteiger charge is -2.00. The molecule has 0 atom stereocenters. The second kappa shape index (κ2) is 6.08. The molecule has 0 aliphatic rings. The number of benzene rings is 2. The molecule has 0 radical (unpaired) electrons. The fourth-order valence-corrected chi connectivity index (χ4v) is 1.76. The average molecular weight is 264 g/mol. The average Bonchev–Trinajstić information content (AvgIpc) is 2.48. The molecule has 100 valence electrons. The maximum atomic E-state index is 12.0. The molecule has 0 fully saturated rings. The predicted molar refractivity (Wildman–Crippen MR) is 80.1 cm³/mol. The van der Waals surface area contributed by atoms with E-state index in [9.17, 15) is 4.79 Å². The van der Waals surface area contributed by atoms with Gasteiger partial charge in [0.05, 0.1) is 7.11 Å². The van der Waals surface area contributed by atoms with Crippen molar-refractivity contribution < 1.29 is 9.53 Å². The lowest BCUT2D eigenvalue weighted by molar-refractivity contribution is 0.105. The summed E-state index contributed by atoms with van der Waals surface area (Å²) in [6, 6.07) is 12.9. The molecule has 0 saturated heterocycles. The molecule has 0 heterocycles. The summed E-state index contributed by atoms with van der Waals surface area (Å²) in [6.07, 6.45) is 0. The Morgan fingerprint density at radius 1 is 1.00 bits per heavy atom. The van der Waals surface area contributed by atoms with Crippen LogP contribution in [0.25, 0.3) is 0 Å². The maximum absolute atomic E-state index is 12.0. The van der Waals surface area contributed by atoms with Crippen LogP contribution in [0.4, 0.5) is 0 Å². The van der Waals surface area contributed by atoms with E-state index in [1.807, 2.05) is 56.3 Å². The van der Waals surface area contributed by atoms with Crippen molar-refractivity contribution in [1.29, 1.82) is 0 Å². The number of carbonyl (C=O) groups is 1. The molecule has 0 aromatic heterocycles. The standard InChI is InChI=1S/C18H16O2/c1-13-4-8-16(12-14(13)2)18(19)11-7-15-5-9-17(20-3)10-6-15/h4-6,8-10,12H,1-3H3. The lowest BCUT2D eigenvalue weighted by Crippen LogP contribution is -1.96. The molecule has 2 aromatic rings. The maximum Gasteiger partial charge on any atom is 0.236 e. The van der Waals surface area contributed by atoms with Gasteiger partial charge in [0.2, 0.25) is 5.78 Å². The second-order valence-electron chi connectivity index (χ2n) is 4.61. The first-order valence-electron chi connectivity index (χ1n) is 6.38. The van der Waals surface area contributed by atoms with Crippen LogP contribution in [0.15, 0.2) is 42.5 Å². The molecular weight excluding hydrogens is 248 g/mol. The number of hydrogen-bond acceptors (Lipinski definition) is 2. The van der Waals surface area contributed by atoms with Crippen LogP contribution in [0.1, 0.15) is 27.0 Å². The SMILES string of the molecule is COc1ccc(C#CC(=O)c2ccc(C)c(C)c2)cc1. The van der Waals surface area contributed by atoms with Gasteiger partial charge in [-0.3, -0.25) is 4.79 Å². The van der Waals surface area contributed by atoms with E-state index in [1.54, 1.807) is 7.11 Å². The molecule has 0 bridgehead atoms. The summed E-state index contributed by atoms with van der Waals surface area (Å²) in [4.78, 5) is 12.0. The quantitative estimate of drug-likeness (QED) is 0.612. The molecule has 2 heteroatoms. The van der Waals surface area contributed by atoms with E-state index in [-0.39, 0.29) is 5.78 Å². The first kappa shape index (κ1) is 13.9. The summed E-state index contributed by atoms with van der Waals surface area (Å²) in [5, 5.41) is 0. The number of rotatable bonds is 2. The van der Waals surface area contributed by atoms with Gasteiger partial charge in [-0.15, -0.1) is 0 Å². The Labute approximate surface area is 119 Å². The molecule has 2 nitrogen and oxygen atoms in total. The number of carbonyl (C=O) groups excluding carboxylic acids is 1. The van der Waals surface area contributed by atoms with Crippen molar-refractivity contribution in [3.63, 3.8) is 0 Å². The Bertz CT molecular complexity index is 686. The zero-order chi connectivity index (χ0) is 14.5. The monoisotopic (exact) mass is 264 g/mol. The fourth-order valence-electron chi connectivity index (χ4n) is 1.76.